The predicted molar refractivity (Wildman–Crippen MR) is 80.5 cm³/mol. The lowest BCUT2D eigenvalue weighted by atomic mass is 10.2. The number of rotatable bonds is 4. The van der Waals surface area contributed by atoms with Crippen LogP contribution < -0.4 is 10.5 Å². The zero-order valence-corrected chi connectivity index (χ0v) is 14.1. The van der Waals surface area contributed by atoms with Gasteiger partial charge in [0, 0.05) is 16.7 Å². The lowest BCUT2D eigenvalue weighted by Gasteiger charge is -2.12. The minimum Gasteiger partial charge on any atom is -0.398 e. The molecular formula is C11H14BrFN2O4S2. The van der Waals surface area contributed by atoms with E-state index < -0.39 is 35.8 Å². The standard InChI is InChI=1S/C11H14BrFN2O4S2/c12-8-4-9(13)11(5-10(8)14)21(18,19)15-6-7-2-1-3-20(7,16)17/h4-5,7,15H,1-3,6,14H2. The van der Waals surface area contributed by atoms with Crippen LogP contribution in [0.15, 0.2) is 21.5 Å². The van der Waals surface area contributed by atoms with Crippen molar-refractivity contribution in [2.75, 3.05) is 18.0 Å². The molecule has 6 nitrogen and oxygen atoms in total. The highest BCUT2D eigenvalue weighted by Gasteiger charge is 2.32. The molecule has 3 N–H and O–H groups in total. The predicted octanol–water partition coefficient (Wildman–Crippen LogP) is 1.03. The van der Waals surface area contributed by atoms with E-state index in [0.717, 1.165) is 12.1 Å². The Morgan fingerprint density at radius 3 is 2.67 bits per heavy atom. The molecule has 1 aromatic carbocycles. The first-order chi connectivity index (χ1) is 9.63. The Balaban J connectivity index is 2.22. The molecule has 0 aliphatic carbocycles. The van der Waals surface area contributed by atoms with Gasteiger partial charge in [-0.25, -0.2) is 25.9 Å². The van der Waals surface area contributed by atoms with E-state index in [0.29, 0.717) is 12.8 Å². The summed E-state index contributed by atoms with van der Waals surface area (Å²) in [6, 6.07) is 1.95. The van der Waals surface area contributed by atoms with Crippen molar-refractivity contribution in [1.29, 1.82) is 0 Å². The van der Waals surface area contributed by atoms with Gasteiger partial charge >= 0.3 is 0 Å². The maximum atomic E-state index is 13.8. The van der Waals surface area contributed by atoms with Crippen LogP contribution >= 0.6 is 15.9 Å². The van der Waals surface area contributed by atoms with Crippen molar-refractivity contribution in [3.05, 3.63) is 22.4 Å². The Bertz CT molecular complexity index is 765. The molecule has 1 aliphatic rings. The minimum atomic E-state index is -4.16. The van der Waals surface area contributed by atoms with Gasteiger partial charge in [0.15, 0.2) is 9.84 Å². The van der Waals surface area contributed by atoms with Crippen LogP contribution in [0.3, 0.4) is 0 Å². The molecule has 1 aromatic rings. The van der Waals surface area contributed by atoms with Gasteiger partial charge in [0.25, 0.3) is 0 Å². The van der Waals surface area contributed by atoms with Crippen molar-refractivity contribution >= 4 is 41.5 Å². The molecule has 1 unspecified atom stereocenters. The third kappa shape index (κ3) is 3.55. The van der Waals surface area contributed by atoms with E-state index in [1.807, 2.05) is 0 Å². The van der Waals surface area contributed by atoms with Crippen LogP contribution in [0.1, 0.15) is 12.8 Å². The molecule has 0 aromatic heterocycles. The van der Waals surface area contributed by atoms with Gasteiger partial charge in [0.1, 0.15) is 10.7 Å². The zero-order chi connectivity index (χ0) is 15.8. The third-order valence-electron chi connectivity index (χ3n) is 3.30. The lowest BCUT2D eigenvalue weighted by Crippen LogP contribution is -2.35. The molecule has 0 bridgehead atoms. The van der Waals surface area contributed by atoms with Crippen LogP contribution in [0.2, 0.25) is 0 Å². The molecule has 2 rings (SSSR count). The van der Waals surface area contributed by atoms with Crippen molar-refractivity contribution in [1.82, 2.24) is 4.72 Å². The number of halogens is 2. The van der Waals surface area contributed by atoms with Crippen molar-refractivity contribution in [3.8, 4) is 0 Å². The van der Waals surface area contributed by atoms with Crippen LogP contribution in [0.25, 0.3) is 0 Å². The Kier molecular flexibility index (Phi) is 4.62. The largest absolute Gasteiger partial charge is 0.398 e. The molecular weight excluding hydrogens is 387 g/mol. The summed E-state index contributed by atoms with van der Waals surface area (Å²) < 4.78 is 63.6. The van der Waals surface area contributed by atoms with Crippen molar-refractivity contribution < 1.29 is 21.2 Å². The average molecular weight is 401 g/mol. The van der Waals surface area contributed by atoms with Gasteiger partial charge in [-0.15, -0.1) is 0 Å². The first kappa shape index (κ1) is 16.7. The van der Waals surface area contributed by atoms with E-state index in [2.05, 4.69) is 20.7 Å². The van der Waals surface area contributed by atoms with Crippen LogP contribution in [-0.4, -0.2) is 34.4 Å². The van der Waals surface area contributed by atoms with Gasteiger partial charge in [0.05, 0.1) is 11.0 Å². The summed E-state index contributed by atoms with van der Waals surface area (Å²) in [6.07, 6.45) is 0.907. The maximum Gasteiger partial charge on any atom is 0.243 e. The number of sulfone groups is 1. The highest BCUT2D eigenvalue weighted by molar-refractivity contribution is 9.10. The van der Waals surface area contributed by atoms with E-state index in [-0.39, 0.29) is 22.5 Å². The molecule has 21 heavy (non-hydrogen) atoms. The summed E-state index contributed by atoms with van der Waals surface area (Å²) in [4.78, 5) is -0.599. The van der Waals surface area contributed by atoms with Crippen molar-refractivity contribution in [2.45, 2.75) is 23.0 Å². The number of nitrogens with one attached hydrogen (secondary N) is 1. The highest BCUT2D eigenvalue weighted by atomic mass is 79.9. The molecule has 0 amide bonds. The first-order valence-electron chi connectivity index (χ1n) is 6.09. The zero-order valence-electron chi connectivity index (χ0n) is 10.8. The second-order valence-corrected chi connectivity index (χ2v) is 9.78. The summed E-state index contributed by atoms with van der Waals surface area (Å²) in [7, 11) is -7.43. The molecule has 1 aliphatic heterocycles. The van der Waals surface area contributed by atoms with E-state index >= 15 is 0 Å². The number of benzene rings is 1. The summed E-state index contributed by atoms with van der Waals surface area (Å²) in [5.74, 6) is -0.906. The van der Waals surface area contributed by atoms with Crippen LogP contribution in [0, 0.1) is 5.82 Å². The molecule has 1 atom stereocenters. The number of hydrogen-bond donors (Lipinski definition) is 2. The number of nitrogen functional groups attached to an aromatic ring is 1. The topological polar surface area (TPSA) is 106 Å². The summed E-state index contributed by atoms with van der Waals surface area (Å²) >= 11 is 3.00. The second-order valence-electron chi connectivity index (χ2n) is 4.79. The number of hydrogen-bond acceptors (Lipinski definition) is 5. The van der Waals surface area contributed by atoms with Gasteiger partial charge in [0.2, 0.25) is 10.0 Å². The number of sulfonamides is 1. The molecule has 1 fully saturated rings. The van der Waals surface area contributed by atoms with Gasteiger partial charge in [-0.2, -0.15) is 0 Å². The lowest BCUT2D eigenvalue weighted by molar-refractivity contribution is 0.553. The smallest absolute Gasteiger partial charge is 0.243 e. The Hall–Kier alpha value is -0.710. The van der Waals surface area contributed by atoms with Crippen molar-refractivity contribution in [3.63, 3.8) is 0 Å². The maximum absolute atomic E-state index is 13.8. The molecule has 1 heterocycles. The molecule has 10 heteroatoms. The van der Waals surface area contributed by atoms with Crippen molar-refractivity contribution in [2.24, 2.45) is 0 Å². The first-order valence-corrected chi connectivity index (χ1v) is 10.1. The Morgan fingerprint density at radius 1 is 1.43 bits per heavy atom. The fourth-order valence-electron chi connectivity index (χ4n) is 2.12. The SMILES string of the molecule is Nc1cc(S(=O)(=O)NCC2CCCS2(=O)=O)c(F)cc1Br. The summed E-state index contributed by atoms with van der Waals surface area (Å²) in [6.45, 7) is -0.264. The second kappa shape index (κ2) is 5.82. The van der Waals surface area contributed by atoms with E-state index in [1.54, 1.807) is 0 Å². The van der Waals surface area contributed by atoms with Gasteiger partial charge in [-0.3, -0.25) is 0 Å². The Morgan fingerprint density at radius 2 is 2.10 bits per heavy atom. The third-order valence-corrected chi connectivity index (χ3v) is 7.71. The summed E-state index contributed by atoms with van der Waals surface area (Å²) in [5.41, 5.74) is 5.62. The molecule has 0 radical (unpaired) electrons. The van der Waals surface area contributed by atoms with E-state index in [4.69, 9.17) is 5.73 Å². The van der Waals surface area contributed by atoms with E-state index in [9.17, 15) is 21.2 Å². The average Bonchev–Trinajstić information content (AvgIpc) is 2.70. The highest BCUT2D eigenvalue weighted by Crippen LogP contribution is 2.26. The van der Waals surface area contributed by atoms with Gasteiger partial charge in [-0.05, 0) is 40.9 Å². The molecule has 1 saturated heterocycles. The fraction of sp³-hybridized carbons (Fsp3) is 0.455. The number of anilines is 1. The van der Waals surface area contributed by atoms with Gasteiger partial charge in [-0.1, -0.05) is 0 Å². The molecule has 0 saturated carbocycles. The summed E-state index contributed by atoms with van der Waals surface area (Å²) in [5, 5.41) is -0.761. The fourth-order valence-corrected chi connectivity index (χ4v) is 5.48. The molecule has 0 spiro atoms. The normalized spacial score (nSPS) is 21.5. The Labute approximate surface area is 131 Å². The van der Waals surface area contributed by atoms with Crippen LogP contribution in [0.4, 0.5) is 10.1 Å². The minimum absolute atomic E-state index is 0.0546. The van der Waals surface area contributed by atoms with Gasteiger partial charge < -0.3 is 5.73 Å². The quantitative estimate of drug-likeness (QED) is 0.733. The number of nitrogens with two attached hydrogens (primary N) is 1. The molecule has 118 valence electrons. The van der Waals surface area contributed by atoms with Crippen LogP contribution in [-0.2, 0) is 19.9 Å². The monoisotopic (exact) mass is 400 g/mol. The van der Waals surface area contributed by atoms with E-state index in [1.165, 1.54) is 0 Å². The van der Waals surface area contributed by atoms with Crippen LogP contribution in [0.5, 0.6) is 0 Å².